The van der Waals surface area contributed by atoms with Crippen LogP contribution in [0.3, 0.4) is 0 Å². The monoisotopic (exact) mass is 240 g/mol. The minimum Gasteiger partial charge on any atom is -0.383 e. The third-order valence-corrected chi connectivity index (χ3v) is 3.79. The van der Waals surface area contributed by atoms with Gasteiger partial charge in [0.25, 0.3) is 0 Å². The van der Waals surface area contributed by atoms with Crippen molar-refractivity contribution in [2.75, 3.05) is 37.5 Å². The molecule has 6 heteroatoms. The van der Waals surface area contributed by atoms with Gasteiger partial charge in [-0.25, -0.2) is 5.01 Å². The Morgan fingerprint density at radius 3 is 2.81 bits per heavy atom. The van der Waals surface area contributed by atoms with Crippen molar-refractivity contribution in [1.82, 2.24) is 9.38 Å². The highest BCUT2D eigenvalue weighted by Crippen LogP contribution is 2.47. The molecular formula is C10H16N4OS. The zero-order valence-corrected chi connectivity index (χ0v) is 9.92. The van der Waals surface area contributed by atoms with Crippen molar-refractivity contribution in [2.24, 2.45) is 0 Å². The average Bonchev–Trinajstić information content (AvgIpc) is 3.07. The second kappa shape index (κ2) is 4.20. The maximum absolute atomic E-state index is 5.90. The third kappa shape index (κ3) is 2.00. The van der Waals surface area contributed by atoms with Crippen LogP contribution in [0.15, 0.2) is 0 Å². The van der Waals surface area contributed by atoms with Gasteiger partial charge in [-0.15, -0.1) is 0 Å². The second-order valence-electron chi connectivity index (χ2n) is 4.30. The summed E-state index contributed by atoms with van der Waals surface area (Å²) in [7, 11) is 0. The van der Waals surface area contributed by atoms with Crippen molar-refractivity contribution < 1.29 is 4.74 Å². The molecule has 0 unspecified atom stereocenters. The molecule has 1 saturated heterocycles. The number of hydrogen-bond donors (Lipinski definition) is 2. The topological polar surface area (TPSA) is 63.4 Å². The Morgan fingerprint density at radius 2 is 2.12 bits per heavy atom. The predicted octanol–water partition coefficient (Wildman–Crippen LogP) is 1.26. The average molecular weight is 240 g/mol. The molecule has 3 rings (SSSR count). The van der Waals surface area contributed by atoms with E-state index in [1.807, 2.05) is 0 Å². The standard InChI is InChI=1S/C10H16N4OS/c11-9-8(7-1-2-7)10(16-13-9)12-14-3-5-15-6-4-14/h7,12H,1-6H2,(H2,11,13). The van der Waals surface area contributed by atoms with Gasteiger partial charge in [-0.2, -0.15) is 4.37 Å². The van der Waals surface area contributed by atoms with Crippen LogP contribution in [0.5, 0.6) is 0 Å². The highest BCUT2D eigenvalue weighted by Gasteiger charge is 2.31. The third-order valence-electron chi connectivity index (χ3n) is 3.01. The summed E-state index contributed by atoms with van der Waals surface area (Å²) in [5, 5.41) is 3.31. The second-order valence-corrected chi connectivity index (χ2v) is 5.07. The largest absolute Gasteiger partial charge is 0.383 e. The van der Waals surface area contributed by atoms with Crippen molar-refractivity contribution in [2.45, 2.75) is 18.8 Å². The lowest BCUT2D eigenvalue weighted by molar-refractivity contribution is 0.0498. The number of rotatable bonds is 3. The summed E-state index contributed by atoms with van der Waals surface area (Å²) in [6.45, 7) is 3.42. The van der Waals surface area contributed by atoms with Gasteiger partial charge in [0.05, 0.1) is 13.2 Å². The van der Waals surface area contributed by atoms with E-state index in [0.717, 1.165) is 31.3 Å². The molecule has 88 valence electrons. The van der Waals surface area contributed by atoms with E-state index in [1.54, 1.807) is 0 Å². The number of nitrogens with one attached hydrogen (secondary N) is 1. The molecule has 0 aromatic carbocycles. The van der Waals surface area contributed by atoms with E-state index in [9.17, 15) is 0 Å². The zero-order chi connectivity index (χ0) is 11.0. The molecule has 1 aliphatic carbocycles. The lowest BCUT2D eigenvalue weighted by atomic mass is 10.2. The highest BCUT2D eigenvalue weighted by molar-refractivity contribution is 7.10. The van der Waals surface area contributed by atoms with Gasteiger partial charge in [-0.3, -0.25) is 0 Å². The van der Waals surface area contributed by atoms with Crippen LogP contribution < -0.4 is 11.2 Å². The van der Waals surface area contributed by atoms with Gasteiger partial charge >= 0.3 is 0 Å². The number of nitrogens with zero attached hydrogens (tertiary/aromatic N) is 2. The summed E-state index contributed by atoms with van der Waals surface area (Å²) < 4.78 is 9.56. The minimum absolute atomic E-state index is 0.641. The van der Waals surface area contributed by atoms with Gasteiger partial charge in [0.2, 0.25) is 0 Å². The van der Waals surface area contributed by atoms with E-state index < -0.39 is 0 Å². The maximum atomic E-state index is 5.90. The fraction of sp³-hybridized carbons (Fsp3) is 0.700. The van der Waals surface area contributed by atoms with Crippen LogP contribution in [0.4, 0.5) is 10.8 Å². The number of anilines is 2. The quantitative estimate of drug-likeness (QED) is 0.833. The summed E-state index contributed by atoms with van der Waals surface area (Å²) in [5.41, 5.74) is 10.6. The molecule has 16 heavy (non-hydrogen) atoms. The fourth-order valence-electron chi connectivity index (χ4n) is 1.98. The SMILES string of the molecule is Nc1nsc(NN2CCOCC2)c1C1CC1. The molecule has 0 bridgehead atoms. The molecule has 0 spiro atoms. The van der Waals surface area contributed by atoms with Gasteiger partial charge in [0.15, 0.2) is 0 Å². The molecule has 5 nitrogen and oxygen atoms in total. The van der Waals surface area contributed by atoms with Gasteiger partial charge in [0.1, 0.15) is 10.8 Å². The van der Waals surface area contributed by atoms with Crippen molar-refractivity contribution in [3.05, 3.63) is 5.56 Å². The fourth-order valence-corrected chi connectivity index (χ4v) is 2.80. The van der Waals surface area contributed by atoms with Crippen LogP contribution in [0, 0.1) is 0 Å². The first-order chi connectivity index (χ1) is 7.84. The van der Waals surface area contributed by atoms with Gasteiger partial charge < -0.3 is 15.9 Å². The summed E-state index contributed by atoms with van der Waals surface area (Å²) in [4.78, 5) is 0. The first-order valence-corrected chi connectivity index (χ1v) is 6.46. The Kier molecular flexibility index (Phi) is 2.70. The number of morpholine rings is 1. The van der Waals surface area contributed by atoms with Crippen LogP contribution in [0.25, 0.3) is 0 Å². The lowest BCUT2D eigenvalue weighted by Gasteiger charge is -2.27. The Morgan fingerprint density at radius 1 is 1.38 bits per heavy atom. The molecule has 1 saturated carbocycles. The van der Waals surface area contributed by atoms with E-state index in [4.69, 9.17) is 10.5 Å². The number of hydrazine groups is 1. The summed E-state index contributed by atoms with van der Waals surface area (Å²) >= 11 is 1.47. The lowest BCUT2D eigenvalue weighted by Crippen LogP contribution is -2.40. The van der Waals surface area contributed by atoms with E-state index in [1.165, 1.54) is 29.9 Å². The molecule has 0 atom stereocenters. The molecule has 3 N–H and O–H groups in total. The van der Waals surface area contributed by atoms with Crippen LogP contribution in [-0.4, -0.2) is 35.7 Å². The Balaban J connectivity index is 1.73. The summed E-state index contributed by atoms with van der Waals surface area (Å²) in [5.74, 6) is 1.35. The molecule has 0 amide bonds. The molecule has 2 aliphatic rings. The van der Waals surface area contributed by atoms with Crippen LogP contribution >= 0.6 is 11.5 Å². The minimum atomic E-state index is 0.641. The first-order valence-electron chi connectivity index (χ1n) is 5.69. The molecular weight excluding hydrogens is 224 g/mol. The van der Waals surface area contributed by atoms with Crippen molar-refractivity contribution >= 4 is 22.4 Å². The summed E-state index contributed by atoms with van der Waals surface area (Å²) in [6.07, 6.45) is 2.50. The van der Waals surface area contributed by atoms with Crippen molar-refractivity contribution in [3.8, 4) is 0 Å². The van der Waals surface area contributed by atoms with E-state index in [2.05, 4.69) is 14.8 Å². The van der Waals surface area contributed by atoms with Crippen LogP contribution in [-0.2, 0) is 4.74 Å². The van der Waals surface area contributed by atoms with E-state index >= 15 is 0 Å². The number of hydrogen-bond acceptors (Lipinski definition) is 6. The molecule has 1 aromatic heterocycles. The molecule has 2 fully saturated rings. The number of ether oxygens (including phenoxy) is 1. The molecule has 1 aliphatic heterocycles. The molecule has 0 radical (unpaired) electrons. The number of aromatic nitrogens is 1. The predicted molar refractivity (Wildman–Crippen MR) is 64.5 cm³/mol. The smallest absolute Gasteiger partial charge is 0.142 e. The Hall–Kier alpha value is -0.850. The number of nitrogens with two attached hydrogens (primary N) is 1. The van der Waals surface area contributed by atoms with Crippen molar-refractivity contribution in [1.29, 1.82) is 0 Å². The zero-order valence-electron chi connectivity index (χ0n) is 9.11. The van der Waals surface area contributed by atoms with E-state index in [-0.39, 0.29) is 0 Å². The van der Waals surface area contributed by atoms with Gasteiger partial charge in [0, 0.05) is 18.7 Å². The normalized spacial score (nSPS) is 22.2. The van der Waals surface area contributed by atoms with E-state index in [0.29, 0.717) is 11.7 Å². The van der Waals surface area contributed by atoms with Crippen LogP contribution in [0.1, 0.15) is 24.3 Å². The first kappa shape index (κ1) is 10.3. The Bertz CT molecular complexity index is 371. The van der Waals surface area contributed by atoms with Crippen LogP contribution in [0.2, 0.25) is 0 Å². The highest BCUT2D eigenvalue weighted by atomic mass is 32.1. The molecule has 1 aromatic rings. The Labute approximate surface area is 98.7 Å². The number of nitrogen functional groups attached to an aromatic ring is 1. The van der Waals surface area contributed by atoms with Gasteiger partial charge in [-0.1, -0.05) is 0 Å². The molecule has 2 heterocycles. The maximum Gasteiger partial charge on any atom is 0.142 e. The van der Waals surface area contributed by atoms with Gasteiger partial charge in [-0.05, 0) is 30.3 Å². The summed E-state index contributed by atoms with van der Waals surface area (Å²) in [6, 6.07) is 0. The van der Waals surface area contributed by atoms with Crippen molar-refractivity contribution in [3.63, 3.8) is 0 Å².